The number of carbonyl (C=O) groups is 1. The van der Waals surface area contributed by atoms with Gasteiger partial charge in [0.15, 0.2) is 0 Å². The predicted molar refractivity (Wildman–Crippen MR) is 29.5 cm³/mol. The average Bonchev–Trinajstić information content (AvgIpc) is 1.68. The van der Waals surface area contributed by atoms with Crippen LogP contribution in [-0.4, -0.2) is 12.1 Å². The smallest absolute Gasteiger partial charge is 0.232 e. The number of hydrogen-bond acceptors (Lipinski definition) is 1. The first-order chi connectivity index (χ1) is 3.31. The fourth-order valence-electron chi connectivity index (χ4n) is 0.181. The highest BCUT2D eigenvalue weighted by Crippen LogP contribution is 1.79. The van der Waals surface area contributed by atoms with Crippen molar-refractivity contribution in [1.82, 2.24) is 0 Å². The van der Waals surface area contributed by atoms with Gasteiger partial charge in [0.25, 0.3) is 0 Å². The zero-order valence-electron chi connectivity index (χ0n) is 4.64. The summed E-state index contributed by atoms with van der Waals surface area (Å²) in [5.41, 5.74) is 0.884. The first-order valence-electron chi connectivity index (χ1n) is 2.28. The summed E-state index contributed by atoms with van der Waals surface area (Å²) in [7, 11) is 0. The van der Waals surface area contributed by atoms with E-state index in [2.05, 4.69) is 4.99 Å². The topological polar surface area (TPSA) is 29.4 Å². The SMILES string of the molecule is CCC(C)=NC=O. The summed E-state index contributed by atoms with van der Waals surface area (Å²) in [6, 6.07) is 0. The molecule has 0 aromatic heterocycles. The Bertz CT molecular complexity index is 86.1. The number of hydrogen-bond donors (Lipinski definition) is 0. The van der Waals surface area contributed by atoms with Crippen molar-refractivity contribution in [3.05, 3.63) is 0 Å². The Morgan fingerprint density at radius 2 is 2.43 bits per heavy atom. The maximum absolute atomic E-state index is 9.59. The van der Waals surface area contributed by atoms with Crippen molar-refractivity contribution < 1.29 is 4.79 Å². The van der Waals surface area contributed by atoms with E-state index in [1.54, 1.807) is 0 Å². The average molecular weight is 99.1 g/mol. The highest BCUT2D eigenvalue weighted by molar-refractivity contribution is 5.87. The van der Waals surface area contributed by atoms with Gasteiger partial charge in [0.2, 0.25) is 6.41 Å². The maximum atomic E-state index is 9.59. The Hall–Kier alpha value is -0.660. The highest BCUT2D eigenvalue weighted by atomic mass is 16.1. The molecule has 0 aliphatic heterocycles. The van der Waals surface area contributed by atoms with E-state index in [4.69, 9.17) is 0 Å². The molecule has 0 unspecified atom stereocenters. The van der Waals surface area contributed by atoms with E-state index in [1.165, 1.54) is 0 Å². The van der Waals surface area contributed by atoms with Crippen LogP contribution < -0.4 is 0 Å². The second-order valence-corrected chi connectivity index (χ2v) is 1.32. The molecule has 40 valence electrons. The second-order valence-electron chi connectivity index (χ2n) is 1.32. The van der Waals surface area contributed by atoms with Crippen LogP contribution in [0.3, 0.4) is 0 Å². The van der Waals surface area contributed by atoms with E-state index in [1.807, 2.05) is 13.8 Å². The van der Waals surface area contributed by atoms with Crippen LogP contribution in [0.15, 0.2) is 4.99 Å². The Kier molecular flexibility index (Phi) is 3.19. The summed E-state index contributed by atoms with van der Waals surface area (Å²) in [5.74, 6) is 0. The number of rotatable bonds is 2. The molecular weight excluding hydrogens is 90.1 g/mol. The molecule has 0 fully saturated rings. The quantitative estimate of drug-likeness (QED) is 0.375. The van der Waals surface area contributed by atoms with Crippen LogP contribution in [-0.2, 0) is 4.79 Å². The predicted octanol–water partition coefficient (Wildman–Crippen LogP) is 1.01. The minimum Gasteiger partial charge on any atom is -0.276 e. The molecule has 0 radical (unpaired) electrons. The molecule has 0 aliphatic rings. The molecule has 0 aliphatic carbocycles. The molecule has 0 heterocycles. The summed E-state index contributed by atoms with van der Waals surface area (Å²) in [6.07, 6.45) is 1.43. The van der Waals surface area contributed by atoms with Crippen LogP contribution in [0.1, 0.15) is 20.3 Å². The van der Waals surface area contributed by atoms with Gasteiger partial charge in [-0.2, -0.15) is 0 Å². The van der Waals surface area contributed by atoms with Crippen molar-refractivity contribution in [3.8, 4) is 0 Å². The van der Waals surface area contributed by atoms with Gasteiger partial charge in [-0.25, -0.2) is 4.99 Å². The number of amides is 1. The van der Waals surface area contributed by atoms with Crippen molar-refractivity contribution in [1.29, 1.82) is 0 Å². The number of aliphatic imine (C=N–C) groups is 1. The van der Waals surface area contributed by atoms with Gasteiger partial charge < -0.3 is 0 Å². The van der Waals surface area contributed by atoms with Crippen LogP contribution in [0.5, 0.6) is 0 Å². The summed E-state index contributed by atoms with van der Waals surface area (Å²) < 4.78 is 0. The van der Waals surface area contributed by atoms with Crippen molar-refractivity contribution in [2.75, 3.05) is 0 Å². The lowest BCUT2D eigenvalue weighted by Crippen LogP contribution is -1.85. The minimum absolute atomic E-state index is 0.568. The van der Waals surface area contributed by atoms with Gasteiger partial charge in [0.1, 0.15) is 0 Å². The molecule has 0 aromatic rings. The summed E-state index contributed by atoms with van der Waals surface area (Å²) >= 11 is 0. The molecule has 0 bridgehead atoms. The summed E-state index contributed by atoms with van der Waals surface area (Å²) in [5, 5.41) is 0. The van der Waals surface area contributed by atoms with Crippen molar-refractivity contribution in [2.24, 2.45) is 4.99 Å². The van der Waals surface area contributed by atoms with E-state index < -0.39 is 0 Å². The van der Waals surface area contributed by atoms with Crippen molar-refractivity contribution in [2.45, 2.75) is 20.3 Å². The molecule has 1 amide bonds. The normalized spacial score (nSPS) is 11.4. The third-order valence-corrected chi connectivity index (χ3v) is 0.785. The zero-order valence-corrected chi connectivity index (χ0v) is 4.64. The van der Waals surface area contributed by atoms with Gasteiger partial charge in [-0.15, -0.1) is 0 Å². The molecule has 2 nitrogen and oxygen atoms in total. The van der Waals surface area contributed by atoms with E-state index in [0.717, 1.165) is 12.1 Å². The Balaban J connectivity index is 3.49. The number of carbonyl (C=O) groups excluding carboxylic acids is 1. The van der Waals surface area contributed by atoms with E-state index in [0.29, 0.717) is 6.41 Å². The fraction of sp³-hybridized carbons (Fsp3) is 0.600. The minimum atomic E-state index is 0.568. The molecule has 2 heteroatoms. The van der Waals surface area contributed by atoms with Crippen LogP contribution in [0.25, 0.3) is 0 Å². The lowest BCUT2D eigenvalue weighted by atomic mass is 10.3. The van der Waals surface area contributed by atoms with Gasteiger partial charge >= 0.3 is 0 Å². The maximum Gasteiger partial charge on any atom is 0.232 e. The summed E-state index contributed by atoms with van der Waals surface area (Å²) in [6.45, 7) is 3.79. The van der Waals surface area contributed by atoms with Gasteiger partial charge in [-0.3, -0.25) is 4.79 Å². The molecule has 0 saturated heterocycles. The number of nitrogens with zero attached hydrogens (tertiary/aromatic N) is 1. The van der Waals surface area contributed by atoms with Gasteiger partial charge in [-0.05, 0) is 13.3 Å². The van der Waals surface area contributed by atoms with Crippen LogP contribution in [0.4, 0.5) is 0 Å². The Morgan fingerprint density at radius 3 is 2.57 bits per heavy atom. The third kappa shape index (κ3) is 3.16. The second kappa shape index (κ2) is 3.53. The van der Waals surface area contributed by atoms with Crippen LogP contribution >= 0.6 is 0 Å². The van der Waals surface area contributed by atoms with E-state index in [-0.39, 0.29) is 0 Å². The first-order valence-corrected chi connectivity index (χ1v) is 2.28. The molecule has 0 atom stereocenters. The van der Waals surface area contributed by atoms with Gasteiger partial charge in [-0.1, -0.05) is 6.92 Å². The Morgan fingerprint density at radius 1 is 1.86 bits per heavy atom. The molecule has 7 heavy (non-hydrogen) atoms. The standard InChI is InChI=1S/C5H9NO/c1-3-5(2)6-4-7/h4H,3H2,1-2H3. The Labute approximate surface area is 43.3 Å². The van der Waals surface area contributed by atoms with Crippen LogP contribution in [0, 0.1) is 0 Å². The largest absolute Gasteiger partial charge is 0.276 e. The highest BCUT2D eigenvalue weighted by Gasteiger charge is 1.78. The lowest BCUT2D eigenvalue weighted by molar-refractivity contribution is -0.106. The third-order valence-electron chi connectivity index (χ3n) is 0.785. The van der Waals surface area contributed by atoms with Crippen molar-refractivity contribution >= 4 is 12.1 Å². The molecule has 0 aromatic carbocycles. The molecule has 0 N–H and O–H groups in total. The van der Waals surface area contributed by atoms with Gasteiger partial charge in [0.05, 0.1) is 0 Å². The van der Waals surface area contributed by atoms with Crippen molar-refractivity contribution in [3.63, 3.8) is 0 Å². The monoisotopic (exact) mass is 99.1 g/mol. The van der Waals surface area contributed by atoms with E-state index >= 15 is 0 Å². The fourth-order valence-corrected chi connectivity index (χ4v) is 0.181. The van der Waals surface area contributed by atoms with Gasteiger partial charge in [0, 0.05) is 5.71 Å². The molecule has 0 saturated carbocycles. The molecular formula is C5H9NO. The zero-order chi connectivity index (χ0) is 5.70. The lowest BCUT2D eigenvalue weighted by Gasteiger charge is -1.83. The summed E-state index contributed by atoms with van der Waals surface area (Å²) in [4.78, 5) is 13.1. The van der Waals surface area contributed by atoms with E-state index in [9.17, 15) is 4.79 Å². The van der Waals surface area contributed by atoms with Crippen LogP contribution in [0.2, 0.25) is 0 Å². The molecule has 0 rings (SSSR count). The first kappa shape index (κ1) is 6.34. The molecule has 0 spiro atoms.